The first-order valence-electron chi connectivity index (χ1n) is 10.4. The van der Waals surface area contributed by atoms with Crippen molar-refractivity contribution in [1.29, 1.82) is 0 Å². The zero-order valence-corrected chi connectivity index (χ0v) is 18.9. The zero-order valence-electron chi connectivity index (χ0n) is 18.1. The van der Waals surface area contributed by atoms with Gasteiger partial charge in [-0.15, -0.1) is 0 Å². The van der Waals surface area contributed by atoms with Crippen LogP contribution in [0.2, 0.25) is 0 Å². The Morgan fingerprint density at radius 2 is 1.80 bits per heavy atom. The molecule has 30 heavy (non-hydrogen) atoms. The predicted octanol–water partition coefficient (Wildman–Crippen LogP) is 4.01. The van der Waals surface area contributed by atoms with Crippen LogP contribution in [-0.2, 0) is 10.0 Å². The van der Waals surface area contributed by atoms with Gasteiger partial charge in [0.05, 0.1) is 18.0 Å². The third-order valence-electron chi connectivity index (χ3n) is 5.80. The second kappa shape index (κ2) is 9.18. The molecule has 162 valence electrons. The van der Waals surface area contributed by atoms with E-state index in [1.54, 1.807) is 19.2 Å². The maximum Gasteiger partial charge on any atom is 0.254 e. The summed E-state index contributed by atoms with van der Waals surface area (Å²) < 4.78 is 32.5. The van der Waals surface area contributed by atoms with Gasteiger partial charge in [-0.25, -0.2) is 8.42 Å². The van der Waals surface area contributed by atoms with Crippen molar-refractivity contribution in [1.82, 2.24) is 9.21 Å². The van der Waals surface area contributed by atoms with E-state index >= 15 is 0 Å². The second-order valence-corrected chi connectivity index (χ2v) is 9.43. The van der Waals surface area contributed by atoms with E-state index < -0.39 is 10.0 Å². The summed E-state index contributed by atoms with van der Waals surface area (Å²) in [5.74, 6) is 0.655. The van der Waals surface area contributed by atoms with E-state index in [2.05, 4.69) is 0 Å². The molecule has 1 saturated heterocycles. The number of benzene rings is 2. The summed E-state index contributed by atoms with van der Waals surface area (Å²) in [6.07, 6.45) is 1.80. The van der Waals surface area contributed by atoms with Crippen molar-refractivity contribution in [2.75, 3.05) is 26.7 Å². The third-order valence-corrected chi connectivity index (χ3v) is 7.84. The molecule has 1 atom stereocenters. The molecule has 1 aliphatic heterocycles. The lowest BCUT2D eigenvalue weighted by molar-refractivity contribution is 0.0734. The molecule has 2 aromatic rings. The molecule has 2 aromatic carbocycles. The van der Waals surface area contributed by atoms with Crippen LogP contribution in [0.15, 0.2) is 47.4 Å². The van der Waals surface area contributed by atoms with E-state index in [4.69, 9.17) is 4.74 Å². The second-order valence-electron chi connectivity index (χ2n) is 7.50. The van der Waals surface area contributed by atoms with Crippen LogP contribution in [-0.4, -0.2) is 50.3 Å². The van der Waals surface area contributed by atoms with Gasteiger partial charge in [0.25, 0.3) is 5.91 Å². The monoisotopic (exact) mass is 430 g/mol. The molecule has 1 unspecified atom stereocenters. The highest BCUT2D eigenvalue weighted by Gasteiger charge is 2.32. The fourth-order valence-electron chi connectivity index (χ4n) is 4.04. The molecule has 0 spiro atoms. The number of amides is 1. The summed E-state index contributed by atoms with van der Waals surface area (Å²) in [5.41, 5.74) is 2.29. The van der Waals surface area contributed by atoms with E-state index in [1.807, 2.05) is 49.9 Å². The minimum absolute atomic E-state index is 0.0224. The number of likely N-dealkylation sites (tertiary alicyclic amines) is 1. The average Bonchev–Trinajstić information content (AvgIpc) is 3.24. The molecule has 1 amide bonds. The molecule has 0 radical (unpaired) electrons. The van der Waals surface area contributed by atoms with Crippen LogP contribution in [0.5, 0.6) is 5.75 Å². The predicted molar refractivity (Wildman–Crippen MR) is 117 cm³/mol. The third kappa shape index (κ3) is 4.23. The Kier molecular flexibility index (Phi) is 6.83. The van der Waals surface area contributed by atoms with Crippen molar-refractivity contribution in [2.45, 2.75) is 44.6 Å². The molecule has 0 N–H and O–H groups in total. The fourth-order valence-corrected chi connectivity index (χ4v) is 5.53. The molecule has 0 aromatic heterocycles. The van der Waals surface area contributed by atoms with Crippen LogP contribution < -0.4 is 4.74 Å². The summed E-state index contributed by atoms with van der Waals surface area (Å²) in [4.78, 5) is 15.5. The molecule has 1 fully saturated rings. The number of ether oxygens (including phenoxy) is 1. The van der Waals surface area contributed by atoms with Crippen molar-refractivity contribution in [3.63, 3.8) is 0 Å². The van der Waals surface area contributed by atoms with Crippen molar-refractivity contribution >= 4 is 15.9 Å². The molecular weight excluding hydrogens is 400 g/mol. The Hall–Kier alpha value is -2.38. The number of hydrogen-bond acceptors (Lipinski definition) is 4. The topological polar surface area (TPSA) is 66.9 Å². The molecule has 7 heteroatoms. The molecule has 0 aliphatic carbocycles. The zero-order chi connectivity index (χ0) is 21.9. The number of sulfonamides is 1. The molecule has 0 saturated carbocycles. The van der Waals surface area contributed by atoms with Gasteiger partial charge in [-0.3, -0.25) is 4.79 Å². The smallest absolute Gasteiger partial charge is 0.254 e. The first kappa shape index (κ1) is 22.3. The highest BCUT2D eigenvalue weighted by atomic mass is 32.2. The van der Waals surface area contributed by atoms with Gasteiger partial charge in [-0.2, -0.15) is 4.31 Å². The largest absolute Gasteiger partial charge is 0.497 e. The lowest BCUT2D eigenvalue weighted by atomic mass is 10.0. The van der Waals surface area contributed by atoms with Gasteiger partial charge in [-0.05, 0) is 55.2 Å². The van der Waals surface area contributed by atoms with Crippen LogP contribution in [0.25, 0.3) is 0 Å². The summed E-state index contributed by atoms with van der Waals surface area (Å²) in [7, 11) is -1.99. The van der Waals surface area contributed by atoms with Crippen molar-refractivity contribution < 1.29 is 17.9 Å². The first-order valence-corrected chi connectivity index (χ1v) is 11.8. The van der Waals surface area contributed by atoms with E-state index in [0.717, 1.165) is 29.7 Å². The van der Waals surface area contributed by atoms with Crippen LogP contribution >= 0.6 is 0 Å². The molecule has 0 bridgehead atoms. The Bertz CT molecular complexity index is 998. The Balaban J connectivity index is 1.93. The number of methoxy groups -OCH3 is 1. The normalized spacial score (nSPS) is 16.8. The van der Waals surface area contributed by atoms with E-state index in [9.17, 15) is 13.2 Å². The minimum atomic E-state index is -3.62. The Morgan fingerprint density at radius 1 is 1.13 bits per heavy atom. The Morgan fingerprint density at radius 3 is 2.40 bits per heavy atom. The maximum absolute atomic E-state index is 13.5. The van der Waals surface area contributed by atoms with E-state index in [0.29, 0.717) is 25.2 Å². The van der Waals surface area contributed by atoms with Gasteiger partial charge in [0.1, 0.15) is 5.75 Å². The first-order chi connectivity index (χ1) is 14.3. The van der Waals surface area contributed by atoms with Crippen LogP contribution in [0, 0.1) is 6.92 Å². The Labute approximate surface area is 179 Å². The summed E-state index contributed by atoms with van der Waals surface area (Å²) in [6, 6.07) is 12.6. The molecular formula is C23H30N2O4S. The number of rotatable bonds is 7. The molecule has 1 heterocycles. The number of nitrogens with zero attached hydrogens (tertiary/aromatic N) is 2. The van der Waals surface area contributed by atoms with Crippen molar-refractivity contribution in [2.24, 2.45) is 0 Å². The molecule has 1 aliphatic rings. The minimum Gasteiger partial charge on any atom is -0.497 e. The van der Waals surface area contributed by atoms with Gasteiger partial charge in [-0.1, -0.05) is 32.0 Å². The maximum atomic E-state index is 13.5. The summed E-state index contributed by atoms with van der Waals surface area (Å²) >= 11 is 0. The van der Waals surface area contributed by atoms with Crippen LogP contribution in [0.1, 0.15) is 54.2 Å². The van der Waals surface area contributed by atoms with Gasteiger partial charge in [0, 0.05) is 25.2 Å². The van der Waals surface area contributed by atoms with Gasteiger partial charge >= 0.3 is 0 Å². The molecule has 3 rings (SSSR count). The highest BCUT2D eigenvalue weighted by Crippen LogP contribution is 2.34. The van der Waals surface area contributed by atoms with Crippen molar-refractivity contribution in [3.05, 3.63) is 59.2 Å². The lowest BCUT2D eigenvalue weighted by Gasteiger charge is -2.26. The number of aryl methyl sites for hydroxylation is 1. The number of carbonyl (C=O) groups is 1. The molecule has 6 nitrogen and oxygen atoms in total. The van der Waals surface area contributed by atoms with E-state index in [1.165, 1.54) is 10.4 Å². The van der Waals surface area contributed by atoms with Crippen LogP contribution in [0.4, 0.5) is 0 Å². The van der Waals surface area contributed by atoms with Gasteiger partial charge < -0.3 is 9.64 Å². The summed E-state index contributed by atoms with van der Waals surface area (Å²) in [6.45, 7) is 6.90. The van der Waals surface area contributed by atoms with Crippen molar-refractivity contribution in [3.8, 4) is 5.75 Å². The SMILES string of the molecule is CCN(CC)S(=O)(=O)c1ccc(C)c(C(=O)N2CCCC2c2ccc(OC)cc2)c1. The lowest BCUT2D eigenvalue weighted by Crippen LogP contribution is -2.32. The van der Waals surface area contributed by atoms with Crippen LogP contribution in [0.3, 0.4) is 0 Å². The highest BCUT2D eigenvalue weighted by molar-refractivity contribution is 7.89. The summed E-state index contributed by atoms with van der Waals surface area (Å²) in [5, 5.41) is 0. The van der Waals surface area contributed by atoms with E-state index in [-0.39, 0.29) is 16.8 Å². The van der Waals surface area contributed by atoms with Gasteiger partial charge in [0.2, 0.25) is 10.0 Å². The van der Waals surface area contributed by atoms with Gasteiger partial charge in [0.15, 0.2) is 0 Å². The fraction of sp³-hybridized carbons (Fsp3) is 0.435. The number of carbonyl (C=O) groups excluding carboxylic acids is 1. The quantitative estimate of drug-likeness (QED) is 0.666. The number of hydrogen-bond donors (Lipinski definition) is 0. The average molecular weight is 431 g/mol. The standard InChI is InChI=1S/C23H30N2O4S/c1-5-24(6-2)30(27,28)20-14-9-17(3)21(16-20)23(26)25-15-7-8-22(25)18-10-12-19(29-4)13-11-18/h9-14,16,22H,5-8,15H2,1-4H3.